The molecule has 4 aromatic rings. The third kappa shape index (κ3) is 4.12. The summed E-state index contributed by atoms with van der Waals surface area (Å²) in [5.41, 5.74) is 2.20. The number of rotatable bonds is 5. The zero-order chi connectivity index (χ0) is 26.2. The van der Waals surface area contributed by atoms with Crippen molar-refractivity contribution in [2.75, 3.05) is 9.96 Å². The highest BCUT2D eigenvalue weighted by atomic mass is 35.5. The summed E-state index contributed by atoms with van der Waals surface area (Å²) in [4.78, 5) is 46.9. The van der Waals surface area contributed by atoms with E-state index in [0.717, 1.165) is 10.5 Å². The van der Waals surface area contributed by atoms with Crippen LogP contribution in [0, 0.1) is 5.92 Å². The Morgan fingerprint density at radius 3 is 2.08 bits per heavy atom. The first-order chi connectivity index (χ1) is 18.5. The Labute approximate surface area is 223 Å². The molecule has 0 spiro atoms. The van der Waals surface area contributed by atoms with Crippen molar-refractivity contribution in [1.29, 1.82) is 0 Å². The van der Waals surface area contributed by atoms with Gasteiger partial charge in [-0.2, -0.15) is 0 Å². The normalized spacial score (nSPS) is 20.5. The second-order valence-corrected chi connectivity index (χ2v) is 9.35. The predicted octanol–water partition coefficient (Wildman–Crippen LogP) is 5.61. The number of fused-ring (bicyclic) bond motifs is 1. The summed E-state index contributed by atoms with van der Waals surface area (Å²) in [6.45, 7) is 0. The predicted molar refractivity (Wildman–Crippen MR) is 142 cm³/mol. The molecule has 0 unspecified atom stereocenters. The molecule has 2 aliphatic heterocycles. The summed E-state index contributed by atoms with van der Waals surface area (Å²) in [5.74, 6) is -1.78. The number of hydrogen-bond donors (Lipinski definition) is 0. The fourth-order valence-electron chi connectivity index (χ4n) is 4.90. The van der Waals surface area contributed by atoms with Gasteiger partial charge in [0.15, 0.2) is 6.10 Å². The van der Waals surface area contributed by atoms with E-state index in [1.54, 1.807) is 77.9 Å². The van der Waals surface area contributed by atoms with Crippen LogP contribution in [0.2, 0.25) is 5.02 Å². The van der Waals surface area contributed by atoms with Crippen molar-refractivity contribution in [3.63, 3.8) is 0 Å². The first-order valence-corrected chi connectivity index (χ1v) is 12.4. The molecular weight excluding hydrogens is 504 g/mol. The van der Waals surface area contributed by atoms with Crippen LogP contribution in [0.4, 0.5) is 11.4 Å². The van der Waals surface area contributed by atoms with Crippen molar-refractivity contribution in [1.82, 2.24) is 0 Å². The molecule has 0 aliphatic carbocycles. The number of ether oxygens (including phenoxy) is 1. The third-order valence-corrected chi connectivity index (χ3v) is 6.98. The van der Waals surface area contributed by atoms with Crippen LogP contribution in [-0.2, 0) is 14.4 Å². The Morgan fingerprint density at radius 2 is 1.39 bits per heavy atom. The third-order valence-electron chi connectivity index (χ3n) is 6.66. The van der Waals surface area contributed by atoms with Crippen LogP contribution in [0.5, 0.6) is 5.75 Å². The lowest BCUT2D eigenvalue weighted by molar-refractivity contribution is -0.126. The molecular formula is C30H21ClN2O5. The van der Waals surface area contributed by atoms with Gasteiger partial charge in [0, 0.05) is 0 Å². The summed E-state index contributed by atoms with van der Waals surface area (Å²) in [5, 5.41) is 1.91. The number of amides is 2. The van der Waals surface area contributed by atoms with Gasteiger partial charge in [0.05, 0.1) is 28.0 Å². The maximum absolute atomic E-state index is 13.8. The highest BCUT2D eigenvalue weighted by Crippen LogP contribution is 2.48. The van der Waals surface area contributed by atoms with Crippen molar-refractivity contribution in [2.24, 2.45) is 5.92 Å². The molecule has 3 atom stereocenters. The zero-order valence-corrected chi connectivity index (χ0v) is 20.7. The second-order valence-electron chi connectivity index (χ2n) is 8.95. The lowest BCUT2D eigenvalue weighted by atomic mass is 9.90. The zero-order valence-electron chi connectivity index (χ0n) is 19.9. The van der Waals surface area contributed by atoms with E-state index in [9.17, 15) is 14.4 Å². The fraction of sp³-hybridized carbons (Fsp3) is 0.100. The first kappa shape index (κ1) is 23.9. The van der Waals surface area contributed by atoms with Crippen LogP contribution in [0.3, 0.4) is 0 Å². The van der Waals surface area contributed by atoms with Gasteiger partial charge >= 0.3 is 5.97 Å². The Morgan fingerprint density at radius 1 is 0.763 bits per heavy atom. The Kier molecular flexibility index (Phi) is 6.15. The molecule has 2 amide bonds. The number of nitrogens with zero attached hydrogens (tertiary/aromatic N) is 2. The maximum Gasteiger partial charge on any atom is 0.343 e. The van der Waals surface area contributed by atoms with E-state index in [4.69, 9.17) is 21.2 Å². The van der Waals surface area contributed by atoms with Gasteiger partial charge < -0.3 is 4.74 Å². The summed E-state index contributed by atoms with van der Waals surface area (Å²) in [6.07, 6.45) is -1.01. The highest BCUT2D eigenvalue weighted by molar-refractivity contribution is 6.36. The number of para-hydroxylation sites is 2. The topological polar surface area (TPSA) is 76.2 Å². The number of hydrogen-bond acceptors (Lipinski definition) is 6. The number of imide groups is 1. The van der Waals surface area contributed by atoms with E-state index >= 15 is 0 Å². The molecule has 7 nitrogen and oxygen atoms in total. The van der Waals surface area contributed by atoms with Crippen LogP contribution in [0.1, 0.15) is 22.0 Å². The van der Waals surface area contributed by atoms with Gasteiger partial charge in [-0.3, -0.25) is 14.4 Å². The number of benzene rings is 4. The van der Waals surface area contributed by atoms with E-state index in [1.807, 2.05) is 36.4 Å². The van der Waals surface area contributed by atoms with Crippen LogP contribution in [0.25, 0.3) is 0 Å². The summed E-state index contributed by atoms with van der Waals surface area (Å²) >= 11 is 6.33. The van der Waals surface area contributed by atoms with Crippen molar-refractivity contribution in [3.8, 4) is 5.75 Å². The Bertz CT molecular complexity index is 1510. The fourth-order valence-corrected chi connectivity index (χ4v) is 5.12. The molecule has 188 valence electrons. The lowest BCUT2D eigenvalue weighted by Crippen LogP contribution is -2.37. The van der Waals surface area contributed by atoms with Crippen molar-refractivity contribution < 1.29 is 24.0 Å². The minimum atomic E-state index is -1.01. The largest absolute Gasteiger partial charge is 0.423 e. The smallest absolute Gasteiger partial charge is 0.343 e. The van der Waals surface area contributed by atoms with Crippen molar-refractivity contribution in [3.05, 3.63) is 125 Å². The van der Waals surface area contributed by atoms with Gasteiger partial charge in [-0.25, -0.2) is 14.8 Å². The van der Waals surface area contributed by atoms with Crippen LogP contribution < -0.4 is 14.7 Å². The van der Waals surface area contributed by atoms with Gasteiger partial charge in [-0.1, -0.05) is 72.3 Å². The summed E-state index contributed by atoms with van der Waals surface area (Å²) in [6, 6.07) is 31.0. The minimum absolute atomic E-state index is 0.301. The second kappa shape index (κ2) is 9.78. The number of carbonyl (C=O) groups is 3. The maximum atomic E-state index is 13.8. The van der Waals surface area contributed by atoms with Gasteiger partial charge in [0.2, 0.25) is 5.91 Å². The summed E-state index contributed by atoms with van der Waals surface area (Å²) in [7, 11) is 0. The molecule has 2 heterocycles. The highest BCUT2D eigenvalue weighted by Gasteiger charge is 2.60. The van der Waals surface area contributed by atoms with E-state index < -0.39 is 35.8 Å². The molecule has 0 bridgehead atoms. The SMILES string of the molecule is O=C(Oc1ccc([C@@H]2[C@@H]3C(=O)N(c4ccccc4Cl)C(=O)[C@H]3ON2c2ccccc2)cc1)c1ccccc1. The number of esters is 1. The molecule has 2 aliphatic rings. The molecule has 4 aromatic carbocycles. The Balaban J connectivity index is 1.34. The molecule has 0 saturated carbocycles. The van der Waals surface area contributed by atoms with Crippen LogP contribution >= 0.6 is 11.6 Å². The molecule has 2 saturated heterocycles. The van der Waals surface area contributed by atoms with Crippen LogP contribution in [-0.4, -0.2) is 23.9 Å². The monoisotopic (exact) mass is 524 g/mol. The van der Waals surface area contributed by atoms with Gasteiger partial charge in [-0.05, 0) is 54.1 Å². The number of carbonyl (C=O) groups excluding carboxylic acids is 3. The van der Waals surface area contributed by atoms with E-state index in [1.165, 1.54) is 0 Å². The van der Waals surface area contributed by atoms with Gasteiger partial charge in [-0.15, -0.1) is 0 Å². The number of hydroxylamine groups is 1. The molecule has 8 heteroatoms. The average Bonchev–Trinajstić information content (AvgIpc) is 3.46. The van der Waals surface area contributed by atoms with E-state index in [2.05, 4.69) is 0 Å². The van der Waals surface area contributed by atoms with Crippen molar-refractivity contribution >= 4 is 40.8 Å². The molecule has 0 aromatic heterocycles. The molecule has 6 rings (SSSR count). The molecule has 2 fully saturated rings. The van der Waals surface area contributed by atoms with Gasteiger partial charge in [0.1, 0.15) is 11.7 Å². The summed E-state index contributed by atoms with van der Waals surface area (Å²) < 4.78 is 5.51. The Hall–Kier alpha value is -4.46. The standard InChI is InChI=1S/C30H21ClN2O5/c31-23-13-7-8-14-24(23)32-28(34)25-26(33(38-27(25)29(32)35)21-11-5-2-6-12-21)19-15-17-22(18-16-19)37-30(36)20-9-3-1-4-10-20/h1-18,25-27H/t25-,26+,27-/m0/s1. The average molecular weight is 525 g/mol. The molecule has 38 heavy (non-hydrogen) atoms. The first-order valence-electron chi connectivity index (χ1n) is 12.0. The van der Waals surface area contributed by atoms with Crippen molar-refractivity contribution in [2.45, 2.75) is 12.1 Å². The molecule has 0 N–H and O–H groups in total. The number of anilines is 2. The van der Waals surface area contributed by atoms with E-state index in [0.29, 0.717) is 27.7 Å². The molecule has 0 radical (unpaired) electrons. The van der Waals surface area contributed by atoms with Crippen LogP contribution in [0.15, 0.2) is 109 Å². The van der Waals surface area contributed by atoms with E-state index in [-0.39, 0.29) is 0 Å². The lowest BCUT2D eigenvalue weighted by Gasteiger charge is -2.29. The van der Waals surface area contributed by atoms with Gasteiger partial charge in [0.25, 0.3) is 5.91 Å². The quantitative estimate of drug-likeness (QED) is 0.192. The minimum Gasteiger partial charge on any atom is -0.423 e. The number of halogens is 1.